The molecule has 4 nitrogen and oxygen atoms in total. The number of hydrogen-bond acceptors (Lipinski definition) is 3. The van der Waals surface area contributed by atoms with Crippen LogP contribution in [-0.4, -0.2) is 41.6 Å². The number of nitrogens with zero attached hydrogens (tertiary/aromatic N) is 1. The molecule has 1 aliphatic heterocycles. The number of rotatable bonds is 3. The van der Waals surface area contributed by atoms with Crippen molar-refractivity contribution in [3.63, 3.8) is 0 Å². The molecule has 0 radical (unpaired) electrons. The van der Waals surface area contributed by atoms with E-state index in [-0.39, 0.29) is 11.7 Å². The molecule has 0 atom stereocenters. The largest absolute Gasteiger partial charge is 0.508 e. The van der Waals surface area contributed by atoms with E-state index in [9.17, 15) is 9.90 Å². The molecule has 0 spiro atoms. The number of phenolic OH excluding ortho intramolecular Hbond substituents is 1. The molecule has 2 N–H and O–H groups in total. The van der Waals surface area contributed by atoms with Crippen LogP contribution in [0.3, 0.4) is 0 Å². The Labute approximate surface area is 114 Å². The van der Waals surface area contributed by atoms with Gasteiger partial charge >= 0.3 is 0 Å². The highest BCUT2D eigenvalue weighted by atomic mass is 16.3. The van der Waals surface area contributed by atoms with Crippen LogP contribution in [-0.2, 0) is 0 Å². The van der Waals surface area contributed by atoms with Gasteiger partial charge in [-0.1, -0.05) is 13.0 Å². The Morgan fingerprint density at radius 2 is 2.11 bits per heavy atom. The molecule has 19 heavy (non-hydrogen) atoms. The third-order valence-corrected chi connectivity index (χ3v) is 3.73. The molecule has 1 aliphatic rings. The minimum absolute atomic E-state index is 0.0187. The van der Waals surface area contributed by atoms with Gasteiger partial charge in [-0.15, -0.1) is 0 Å². The van der Waals surface area contributed by atoms with Crippen molar-refractivity contribution >= 4 is 5.91 Å². The van der Waals surface area contributed by atoms with Crippen LogP contribution in [0.5, 0.6) is 5.75 Å². The average molecular weight is 262 g/mol. The van der Waals surface area contributed by atoms with E-state index in [1.165, 1.54) is 0 Å². The molecule has 0 aliphatic carbocycles. The Bertz CT molecular complexity index is 451. The lowest BCUT2D eigenvalue weighted by Gasteiger charge is -2.32. The molecule has 1 saturated heterocycles. The maximum Gasteiger partial charge on any atom is 0.253 e. The summed E-state index contributed by atoms with van der Waals surface area (Å²) in [5.41, 5.74) is 1.37. The molecule has 1 amide bonds. The number of carbonyl (C=O) groups is 1. The summed E-state index contributed by atoms with van der Waals surface area (Å²) in [5, 5.41) is 13.1. The summed E-state index contributed by atoms with van der Waals surface area (Å²) in [7, 11) is 0. The van der Waals surface area contributed by atoms with Crippen molar-refractivity contribution < 1.29 is 9.90 Å². The number of amides is 1. The van der Waals surface area contributed by atoms with Crippen molar-refractivity contribution in [3.05, 3.63) is 29.3 Å². The smallest absolute Gasteiger partial charge is 0.253 e. The lowest BCUT2D eigenvalue weighted by molar-refractivity contribution is 0.0705. The van der Waals surface area contributed by atoms with Gasteiger partial charge in [0.25, 0.3) is 5.91 Å². The minimum atomic E-state index is 0.0187. The summed E-state index contributed by atoms with van der Waals surface area (Å²) < 4.78 is 0. The van der Waals surface area contributed by atoms with Gasteiger partial charge in [0.05, 0.1) is 0 Å². The third-order valence-electron chi connectivity index (χ3n) is 3.73. The molecule has 104 valence electrons. The average Bonchev–Trinajstić information content (AvgIpc) is 2.42. The van der Waals surface area contributed by atoms with Crippen molar-refractivity contribution in [2.75, 3.05) is 19.6 Å². The fourth-order valence-electron chi connectivity index (χ4n) is 2.50. The molecule has 0 saturated carbocycles. The molecule has 0 bridgehead atoms. The SMILES string of the molecule is CCNC1CCN(C(=O)c2ccc(C)c(O)c2)CC1. The Morgan fingerprint density at radius 1 is 1.42 bits per heavy atom. The zero-order valence-electron chi connectivity index (χ0n) is 11.6. The summed E-state index contributed by atoms with van der Waals surface area (Å²) in [6, 6.07) is 5.66. The summed E-state index contributed by atoms with van der Waals surface area (Å²) in [6.07, 6.45) is 1.99. The van der Waals surface area contributed by atoms with Crippen LogP contribution in [0.2, 0.25) is 0 Å². The van der Waals surface area contributed by atoms with E-state index >= 15 is 0 Å². The number of nitrogens with one attached hydrogen (secondary N) is 1. The first kappa shape index (κ1) is 13.9. The van der Waals surface area contributed by atoms with Gasteiger partial charge in [-0.2, -0.15) is 0 Å². The van der Waals surface area contributed by atoms with Gasteiger partial charge in [-0.3, -0.25) is 4.79 Å². The van der Waals surface area contributed by atoms with Crippen LogP contribution < -0.4 is 5.32 Å². The number of likely N-dealkylation sites (tertiary alicyclic amines) is 1. The highest BCUT2D eigenvalue weighted by molar-refractivity contribution is 5.94. The second-order valence-corrected chi connectivity index (χ2v) is 5.13. The molecular formula is C15H22N2O2. The highest BCUT2D eigenvalue weighted by Crippen LogP contribution is 2.20. The number of benzene rings is 1. The van der Waals surface area contributed by atoms with Crippen molar-refractivity contribution in [3.8, 4) is 5.75 Å². The van der Waals surface area contributed by atoms with Crippen LogP contribution in [0.1, 0.15) is 35.7 Å². The van der Waals surface area contributed by atoms with Gasteiger partial charge in [0.1, 0.15) is 5.75 Å². The monoisotopic (exact) mass is 262 g/mol. The van der Waals surface area contributed by atoms with Gasteiger partial charge in [-0.25, -0.2) is 0 Å². The maximum absolute atomic E-state index is 12.3. The predicted octanol–water partition coefficient (Wildman–Crippen LogP) is 1.91. The molecule has 1 aromatic carbocycles. The fraction of sp³-hybridized carbons (Fsp3) is 0.533. The first-order valence-corrected chi connectivity index (χ1v) is 6.94. The third kappa shape index (κ3) is 3.26. The van der Waals surface area contributed by atoms with E-state index in [0.717, 1.165) is 38.0 Å². The minimum Gasteiger partial charge on any atom is -0.508 e. The number of carbonyl (C=O) groups excluding carboxylic acids is 1. The van der Waals surface area contributed by atoms with Crippen molar-refractivity contribution in [1.29, 1.82) is 0 Å². The van der Waals surface area contributed by atoms with Gasteiger partial charge in [0, 0.05) is 24.7 Å². The van der Waals surface area contributed by atoms with Crippen LogP contribution in [0.15, 0.2) is 18.2 Å². The molecule has 4 heteroatoms. The Kier molecular flexibility index (Phi) is 4.43. The van der Waals surface area contributed by atoms with Crippen LogP contribution in [0.25, 0.3) is 0 Å². The van der Waals surface area contributed by atoms with Crippen LogP contribution in [0.4, 0.5) is 0 Å². The number of hydrogen-bond donors (Lipinski definition) is 2. The molecule has 1 fully saturated rings. The number of aromatic hydroxyl groups is 1. The summed E-state index contributed by atoms with van der Waals surface area (Å²) in [4.78, 5) is 14.2. The molecule has 2 rings (SSSR count). The van der Waals surface area contributed by atoms with Gasteiger partial charge in [0.2, 0.25) is 0 Å². The zero-order chi connectivity index (χ0) is 13.8. The molecular weight excluding hydrogens is 240 g/mol. The lowest BCUT2D eigenvalue weighted by Crippen LogP contribution is -2.44. The lowest BCUT2D eigenvalue weighted by atomic mass is 10.0. The fourth-order valence-corrected chi connectivity index (χ4v) is 2.50. The van der Waals surface area contributed by atoms with Crippen molar-refractivity contribution in [2.45, 2.75) is 32.7 Å². The first-order valence-electron chi connectivity index (χ1n) is 6.94. The van der Waals surface area contributed by atoms with E-state index in [1.807, 2.05) is 11.8 Å². The van der Waals surface area contributed by atoms with Crippen molar-refractivity contribution in [2.24, 2.45) is 0 Å². The van der Waals surface area contributed by atoms with Crippen molar-refractivity contribution in [1.82, 2.24) is 10.2 Å². The quantitative estimate of drug-likeness (QED) is 0.875. The van der Waals surface area contributed by atoms with E-state index in [1.54, 1.807) is 18.2 Å². The standard InChI is InChI=1S/C15H22N2O2/c1-3-16-13-6-8-17(9-7-13)15(19)12-5-4-11(2)14(18)10-12/h4-5,10,13,16,18H,3,6-9H2,1-2H3. The summed E-state index contributed by atoms with van der Waals surface area (Å²) in [6.45, 7) is 6.47. The van der Waals surface area contributed by atoms with E-state index in [2.05, 4.69) is 12.2 Å². The number of phenols is 1. The first-order chi connectivity index (χ1) is 9.11. The second kappa shape index (κ2) is 6.06. The van der Waals surface area contributed by atoms with E-state index in [4.69, 9.17) is 0 Å². The zero-order valence-corrected chi connectivity index (χ0v) is 11.6. The number of piperidine rings is 1. The summed E-state index contributed by atoms with van der Waals surface area (Å²) in [5.74, 6) is 0.207. The Morgan fingerprint density at radius 3 is 2.68 bits per heavy atom. The van der Waals surface area contributed by atoms with Gasteiger partial charge < -0.3 is 15.3 Å². The maximum atomic E-state index is 12.3. The number of aryl methyl sites for hydroxylation is 1. The molecule has 0 unspecified atom stereocenters. The normalized spacial score (nSPS) is 16.6. The van der Waals surface area contributed by atoms with E-state index < -0.39 is 0 Å². The topological polar surface area (TPSA) is 52.6 Å². The second-order valence-electron chi connectivity index (χ2n) is 5.13. The predicted molar refractivity (Wildman–Crippen MR) is 75.4 cm³/mol. The Balaban J connectivity index is 1.99. The summed E-state index contributed by atoms with van der Waals surface area (Å²) >= 11 is 0. The van der Waals surface area contributed by atoms with Gasteiger partial charge in [0.15, 0.2) is 0 Å². The van der Waals surface area contributed by atoms with Crippen LogP contribution >= 0.6 is 0 Å². The van der Waals surface area contributed by atoms with Crippen LogP contribution in [0, 0.1) is 6.92 Å². The Hall–Kier alpha value is -1.55. The molecule has 1 aromatic rings. The highest BCUT2D eigenvalue weighted by Gasteiger charge is 2.23. The molecule has 0 aromatic heterocycles. The van der Waals surface area contributed by atoms with E-state index in [0.29, 0.717) is 11.6 Å². The molecule has 1 heterocycles. The van der Waals surface area contributed by atoms with Gasteiger partial charge in [-0.05, 0) is 44.0 Å².